The minimum Gasteiger partial charge on any atom is -0.411 e. The van der Waals surface area contributed by atoms with E-state index in [-0.39, 0.29) is 48.8 Å². The van der Waals surface area contributed by atoms with E-state index in [9.17, 15) is 23.1 Å². The van der Waals surface area contributed by atoms with Gasteiger partial charge in [0.1, 0.15) is 6.04 Å². The molecule has 1 fully saturated rings. The van der Waals surface area contributed by atoms with Gasteiger partial charge >= 0.3 is 6.03 Å². The van der Waals surface area contributed by atoms with Gasteiger partial charge in [-0.1, -0.05) is 81.7 Å². The van der Waals surface area contributed by atoms with Crippen LogP contribution >= 0.6 is 0 Å². The Morgan fingerprint density at radius 3 is 2.37 bits per heavy atom. The summed E-state index contributed by atoms with van der Waals surface area (Å²) in [6.07, 6.45) is 2.33. The Morgan fingerprint density at radius 1 is 1.04 bits per heavy atom. The van der Waals surface area contributed by atoms with E-state index in [4.69, 9.17) is 5.21 Å². The van der Waals surface area contributed by atoms with Gasteiger partial charge in [0, 0.05) is 32.4 Å². The summed E-state index contributed by atoms with van der Waals surface area (Å²) in [6.45, 7) is 8.53. The van der Waals surface area contributed by atoms with Crippen molar-refractivity contribution in [2.24, 2.45) is 17.0 Å². The van der Waals surface area contributed by atoms with Crippen molar-refractivity contribution in [3.8, 4) is 0 Å². The molecular weight excluding hydrogens is 646 g/mol. The lowest BCUT2D eigenvalue weighted by Gasteiger charge is -2.35. The monoisotopic (exact) mass is 693 g/mol. The average Bonchev–Trinajstić information content (AvgIpc) is 3.43. The molecule has 0 bridgehead atoms. The van der Waals surface area contributed by atoms with Gasteiger partial charge in [-0.3, -0.25) is 4.79 Å². The number of aliphatic hydroxyl groups is 1. The molecule has 0 saturated carbocycles. The summed E-state index contributed by atoms with van der Waals surface area (Å²) in [5, 5.41) is 34.6. The second-order valence-corrected chi connectivity index (χ2v) is 14.8. The van der Waals surface area contributed by atoms with Crippen LogP contribution in [0.25, 0.3) is 0 Å². The van der Waals surface area contributed by atoms with E-state index in [0.717, 1.165) is 5.56 Å². The quantitative estimate of drug-likeness (QED) is 0.110. The number of urea groups is 1. The SMILES string of the molecule is CC[C@H](C)[C@@H](C(=O)N[C@@H](Cc1ccccc1)[C@H](O)CN(CC(C)C)S(=O)(=O)c1ccc(C=NO)cc1)N1CCN(Cc2cccnn2)C1=O. The number of rotatable bonds is 17. The van der Waals surface area contributed by atoms with E-state index in [1.807, 2.05) is 58.0 Å². The lowest BCUT2D eigenvalue weighted by atomic mass is 9.95. The second-order valence-electron chi connectivity index (χ2n) is 12.8. The molecule has 264 valence electrons. The second kappa shape index (κ2) is 17.3. The van der Waals surface area contributed by atoms with Crippen LogP contribution in [0, 0.1) is 11.8 Å². The third-order valence-corrected chi connectivity index (χ3v) is 10.5. The van der Waals surface area contributed by atoms with Gasteiger partial charge in [0.25, 0.3) is 0 Å². The largest absolute Gasteiger partial charge is 0.411 e. The van der Waals surface area contributed by atoms with Gasteiger partial charge in [-0.15, -0.1) is 0 Å². The molecule has 0 radical (unpaired) electrons. The maximum atomic E-state index is 14.2. The molecule has 2 aromatic carbocycles. The zero-order valence-corrected chi connectivity index (χ0v) is 29.3. The van der Waals surface area contributed by atoms with E-state index in [2.05, 4.69) is 20.7 Å². The van der Waals surface area contributed by atoms with Gasteiger partial charge in [-0.25, -0.2) is 13.2 Å². The van der Waals surface area contributed by atoms with Crippen molar-refractivity contribution >= 4 is 28.2 Å². The highest BCUT2D eigenvalue weighted by Crippen LogP contribution is 2.24. The van der Waals surface area contributed by atoms with Crippen LogP contribution in [0.2, 0.25) is 0 Å². The highest BCUT2D eigenvalue weighted by molar-refractivity contribution is 7.89. The number of amides is 3. The molecule has 14 heteroatoms. The topological polar surface area (TPSA) is 169 Å². The molecule has 1 aliphatic rings. The van der Waals surface area contributed by atoms with Crippen molar-refractivity contribution < 1.29 is 28.3 Å². The molecule has 2 heterocycles. The summed E-state index contributed by atoms with van der Waals surface area (Å²) < 4.78 is 29.0. The first-order valence-electron chi connectivity index (χ1n) is 16.6. The van der Waals surface area contributed by atoms with Crippen LogP contribution < -0.4 is 5.32 Å². The zero-order valence-electron chi connectivity index (χ0n) is 28.5. The first kappa shape index (κ1) is 37.4. The van der Waals surface area contributed by atoms with Gasteiger partial charge in [-0.05, 0) is 53.6 Å². The van der Waals surface area contributed by atoms with Crippen LogP contribution in [0.1, 0.15) is 50.9 Å². The molecule has 1 aromatic heterocycles. The van der Waals surface area contributed by atoms with Gasteiger partial charge in [0.05, 0.1) is 35.5 Å². The fraction of sp³-hybridized carbons (Fsp3) is 0.457. The summed E-state index contributed by atoms with van der Waals surface area (Å²) >= 11 is 0. The molecule has 3 N–H and O–H groups in total. The first-order valence-corrected chi connectivity index (χ1v) is 18.0. The lowest BCUT2D eigenvalue weighted by molar-refractivity contribution is -0.128. The Morgan fingerprint density at radius 2 is 1.76 bits per heavy atom. The Kier molecular flexibility index (Phi) is 13.2. The number of hydrogen-bond acceptors (Lipinski definition) is 9. The van der Waals surface area contributed by atoms with E-state index in [0.29, 0.717) is 30.8 Å². The highest BCUT2D eigenvalue weighted by Gasteiger charge is 2.41. The van der Waals surface area contributed by atoms with Crippen molar-refractivity contribution in [1.29, 1.82) is 0 Å². The lowest BCUT2D eigenvalue weighted by Crippen LogP contribution is -2.57. The summed E-state index contributed by atoms with van der Waals surface area (Å²) in [6, 6.07) is 16.8. The molecule has 4 atom stereocenters. The molecular formula is C35H47N7O6S. The number of sulfonamides is 1. The Hall–Kier alpha value is -4.40. The minimum atomic E-state index is -4.06. The van der Waals surface area contributed by atoms with E-state index < -0.39 is 34.1 Å². The maximum absolute atomic E-state index is 14.2. The fourth-order valence-electron chi connectivity index (χ4n) is 5.92. The van der Waals surface area contributed by atoms with Crippen molar-refractivity contribution in [2.45, 2.75) is 70.2 Å². The standard InChI is InChI=1S/C35H47N7O6S/c1-5-26(4)33(42-19-18-40(35(42)45)23-29-12-9-17-36-39-29)34(44)38-31(20-27-10-7-6-8-11-27)32(43)24-41(22-25(2)3)49(47,48)30-15-13-28(14-16-30)21-37-46/h6-17,21,25-26,31-33,43,46H,5,18-20,22-24H2,1-4H3,(H,38,44)/t26-,31-,32+,33-/m0/s1. The van der Waals surface area contributed by atoms with Gasteiger partial charge < -0.3 is 25.4 Å². The Balaban J connectivity index is 1.59. The number of carbonyl (C=O) groups is 2. The average molecular weight is 694 g/mol. The minimum absolute atomic E-state index is 0.0227. The number of nitrogens with one attached hydrogen (secondary N) is 1. The molecule has 49 heavy (non-hydrogen) atoms. The molecule has 1 aliphatic heterocycles. The summed E-state index contributed by atoms with van der Waals surface area (Å²) in [7, 11) is -4.06. The van der Waals surface area contributed by atoms with Crippen LogP contribution in [0.15, 0.2) is 83.0 Å². The van der Waals surface area contributed by atoms with Crippen molar-refractivity contribution in [1.82, 2.24) is 29.6 Å². The number of benzene rings is 2. The third-order valence-electron chi connectivity index (χ3n) is 8.67. The molecule has 13 nitrogen and oxygen atoms in total. The van der Waals surface area contributed by atoms with E-state index >= 15 is 0 Å². The molecule has 4 rings (SSSR count). The molecule has 0 aliphatic carbocycles. The fourth-order valence-corrected chi connectivity index (χ4v) is 7.55. The number of oxime groups is 1. The number of carbonyl (C=O) groups excluding carboxylic acids is 2. The molecule has 3 amide bonds. The first-order chi connectivity index (χ1) is 23.4. The van der Waals surface area contributed by atoms with Crippen molar-refractivity contribution in [3.05, 3.63) is 89.7 Å². The zero-order chi connectivity index (χ0) is 35.6. The predicted molar refractivity (Wildman–Crippen MR) is 185 cm³/mol. The molecule has 0 spiro atoms. The normalized spacial score (nSPS) is 16.3. The summed E-state index contributed by atoms with van der Waals surface area (Å²) in [5.41, 5.74) is 2.01. The molecule has 3 aromatic rings. The number of hydrogen-bond donors (Lipinski definition) is 3. The predicted octanol–water partition coefficient (Wildman–Crippen LogP) is 3.37. The Labute approximate surface area is 288 Å². The van der Waals surface area contributed by atoms with Crippen LogP contribution in [-0.2, 0) is 27.8 Å². The van der Waals surface area contributed by atoms with Crippen molar-refractivity contribution in [3.63, 3.8) is 0 Å². The van der Waals surface area contributed by atoms with E-state index in [1.54, 1.807) is 28.1 Å². The molecule has 0 unspecified atom stereocenters. The number of nitrogens with zero attached hydrogens (tertiary/aromatic N) is 6. The number of aromatic nitrogens is 2. The van der Waals surface area contributed by atoms with Gasteiger partial charge in [0.15, 0.2) is 0 Å². The Bertz CT molecular complexity index is 1640. The van der Waals surface area contributed by atoms with E-state index in [1.165, 1.54) is 34.8 Å². The number of aliphatic hydroxyl groups excluding tert-OH is 1. The van der Waals surface area contributed by atoms with Crippen LogP contribution in [0.4, 0.5) is 4.79 Å². The molecule has 1 saturated heterocycles. The highest BCUT2D eigenvalue weighted by atomic mass is 32.2. The van der Waals surface area contributed by atoms with Gasteiger partial charge in [-0.2, -0.15) is 14.5 Å². The van der Waals surface area contributed by atoms with Crippen molar-refractivity contribution in [2.75, 3.05) is 26.2 Å². The van der Waals surface area contributed by atoms with Crippen LogP contribution in [-0.4, -0.2) is 106 Å². The van der Waals surface area contributed by atoms with Crippen LogP contribution in [0.5, 0.6) is 0 Å². The van der Waals surface area contributed by atoms with Crippen LogP contribution in [0.3, 0.4) is 0 Å². The maximum Gasteiger partial charge on any atom is 0.321 e. The van der Waals surface area contributed by atoms with Gasteiger partial charge in [0.2, 0.25) is 15.9 Å². The smallest absolute Gasteiger partial charge is 0.321 e. The summed E-state index contributed by atoms with van der Waals surface area (Å²) in [5.74, 6) is -0.680. The third kappa shape index (κ3) is 9.83. The summed E-state index contributed by atoms with van der Waals surface area (Å²) in [4.78, 5) is 31.1.